The van der Waals surface area contributed by atoms with Crippen LogP contribution in [0.3, 0.4) is 0 Å². The molecule has 8 heteroatoms. The van der Waals surface area contributed by atoms with Gasteiger partial charge in [0.1, 0.15) is 11.6 Å². The second kappa shape index (κ2) is 11.5. The van der Waals surface area contributed by atoms with Crippen LogP contribution in [0.25, 0.3) is 11.1 Å². The van der Waals surface area contributed by atoms with Gasteiger partial charge in [-0.15, -0.1) is 0 Å². The molecule has 1 saturated heterocycles. The molecule has 206 valence electrons. The van der Waals surface area contributed by atoms with Crippen molar-refractivity contribution in [2.75, 3.05) is 29.9 Å². The Bertz CT molecular complexity index is 1410. The van der Waals surface area contributed by atoms with E-state index in [0.29, 0.717) is 17.1 Å². The number of carbonyl (C=O) groups is 1. The number of nitrogens with one attached hydrogen (secondary N) is 2. The fourth-order valence-corrected chi connectivity index (χ4v) is 5.76. The highest BCUT2D eigenvalue weighted by Crippen LogP contribution is 2.47. The highest BCUT2D eigenvalue weighted by molar-refractivity contribution is 6.11. The van der Waals surface area contributed by atoms with Crippen molar-refractivity contribution in [3.05, 3.63) is 66.0 Å². The number of nitrogens with zero attached hydrogens (tertiary/aromatic N) is 4. The number of benzene rings is 1. The van der Waals surface area contributed by atoms with Crippen LogP contribution in [0.5, 0.6) is 0 Å². The molecule has 3 aromatic rings. The number of nitriles is 1. The fourth-order valence-electron chi connectivity index (χ4n) is 5.76. The molecule has 2 aliphatic rings. The SMILES string of the molecule is CCOC(=O)c1cc(-c2ccc(N3CCC(C#N)CC3)nc2)c(C(=N)C2CC(C)(C)C2)c(Nc2ccccc2)n1. The van der Waals surface area contributed by atoms with Crippen molar-refractivity contribution >= 4 is 29.0 Å². The van der Waals surface area contributed by atoms with Gasteiger partial charge >= 0.3 is 5.97 Å². The van der Waals surface area contributed by atoms with E-state index in [9.17, 15) is 15.5 Å². The molecule has 2 fully saturated rings. The molecule has 1 aliphatic heterocycles. The topological polar surface area (TPSA) is 115 Å². The summed E-state index contributed by atoms with van der Waals surface area (Å²) in [6.07, 6.45) is 5.32. The van der Waals surface area contributed by atoms with Crippen LogP contribution in [0.4, 0.5) is 17.3 Å². The molecule has 0 amide bonds. The molecule has 0 radical (unpaired) electrons. The maximum Gasteiger partial charge on any atom is 0.357 e. The average Bonchev–Trinajstić information content (AvgIpc) is 2.96. The Morgan fingerprint density at radius 2 is 1.90 bits per heavy atom. The van der Waals surface area contributed by atoms with Gasteiger partial charge in [-0.25, -0.2) is 14.8 Å². The zero-order valence-electron chi connectivity index (χ0n) is 23.4. The summed E-state index contributed by atoms with van der Waals surface area (Å²) in [6.45, 7) is 8.06. The van der Waals surface area contributed by atoms with Crippen molar-refractivity contribution in [1.82, 2.24) is 9.97 Å². The molecule has 1 aliphatic carbocycles. The third-order valence-electron chi connectivity index (χ3n) is 7.88. The van der Waals surface area contributed by atoms with Crippen molar-refractivity contribution in [3.63, 3.8) is 0 Å². The van der Waals surface area contributed by atoms with Gasteiger partial charge in [-0.3, -0.25) is 0 Å². The van der Waals surface area contributed by atoms with Gasteiger partial charge in [0, 0.05) is 53.6 Å². The highest BCUT2D eigenvalue weighted by Gasteiger charge is 2.40. The summed E-state index contributed by atoms with van der Waals surface area (Å²) in [5.41, 5.74) is 3.93. The van der Waals surface area contributed by atoms with E-state index in [-0.39, 0.29) is 29.6 Å². The lowest BCUT2D eigenvalue weighted by atomic mass is 9.62. The summed E-state index contributed by atoms with van der Waals surface area (Å²) < 4.78 is 5.32. The first-order chi connectivity index (χ1) is 19.3. The summed E-state index contributed by atoms with van der Waals surface area (Å²) in [6, 6.07) is 17.8. The van der Waals surface area contributed by atoms with E-state index in [1.807, 2.05) is 48.7 Å². The van der Waals surface area contributed by atoms with Gasteiger partial charge in [-0.05, 0) is 73.9 Å². The van der Waals surface area contributed by atoms with Crippen LogP contribution in [-0.2, 0) is 4.74 Å². The van der Waals surface area contributed by atoms with Crippen molar-refractivity contribution in [1.29, 1.82) is 10.7 Å². The van der Waals surface area contributed by atoms with Crippen LogP contribution >= 0.6 is 0 Å². The van der Waals surface area contributed by atoms with Gasteiger partial charge in [0.25, 0.3) is 0 Å². The first kappa shape index (κ1) is 27.3. The Morgan fingerprint density at radius 1 is 1.18 bits per heavy atom. The zero-order chi connectivity index (χ0) is 28.3. The smallest absolute Gasteiger partial charge is 0.357 e. The van der Waals surface area contributed by atoms with E-state index >= 15 is 0 Å². The van der Waals surface area contributed by atoms with E-state index in [1.54, 1.807) is 13.0 Å². The molecule has 0 atom stereocenters. The molecule has 1 saturated carbocycles. The first-order valence-corrected chi connectivity index (χ1v) is 14.0. The van der Waals surface area contributed by atoms with Gasteiger partial charge < -0.3 is 20.4 Å². The minimum absolute atomic E-state index is 0.106. The summed E-state index contributed by atoms with van der Waals surface area (Å²) in [7, 11) is 0. The Morgan fingerprint density at radius 3 is 2.50 bits per heavy atom. The lowest BCUT2D eigenvalue weighted by Crippen LogP contribution is -2.37. The van der Waals surface area contributed by atoms with Gasteiger partial charge in [0.2, 0.25) is 0 Å². The second-order valence-electron chi connectivity index (χ2n) is 11.5. The molecule has 5 rings (SSSR count). The number of pyridine rings is 2. The van der Waals surface area contributed by atoms with Crippen LogP contribution in [0.2, 0.25) is 0 Å². The number of carbonyl (C=O) groups excluding carboxylic acids is 1. The van der Waals surface area contributed by atoms with Gasteiger partial charge in [-0.1, -0.05) is 32.0 Å². The quantitative estimate of drug-likeness (QED) is 0.246. The predicted octanol–water partition coefficient (Wildman–Crippen LogP) is 6.61. The molecule has 0 spiro atoms. The van der Waals surface area contributed by atoms with E-state index in [1.165, 1.54) is 0 Å². The number of rotatable bonds is 8. The number of anilines is 3. The molecule has 8 nitrogen and oxygen atoms in total. The predicted molar refractivity (Wildman–Crippen MR) is 157 cm³/mol. The third-order valence-corrected chi connectivity index (χ3v) is 7.88. The van der Waals surface area contributed by atoms with E-state index < -0.39 is 5.97 Å². The standard InChI is InChI=1S/C32H36N6O2/c1-4-40-31(39)26-16-25(22-10-11-27(35-20-22)38-14-12-21(19-33)13-15-38)28(29(34)23-17-32(2,3)18-23)30(37-26)36-24-8-6-5-7-9-24/h5-11,16,20-21,23,34H,4,12-15,17-18H2,1-3H3,(H,36,37). The summed E-state index contributed by atoms with van der Waals surface area (Å²) in [4.78, 5) is 24.6. The normalized spacial score (nSPS) is 17.0. The Balaban J connectivity index is 1.58. The molecule has 0 bridgehead atoms. The lowest BCUT2D eigenvalue weighted by Gasteiger charge is -2.43. The van der Waals surface area contributed by atoms with Crippen molar-refractivity contribution < 1.29 is 9.53 Å². The molecular weight excluding hydrogens is 500 g/mol. The molecule has 40 heavy (non-hydrogen) atoms. The second-order valence-corrected chi connectivity index (χ2v) is 11.5. The monoisotopic (exact) mass is 536 g/mol. The number of para-hydroxylation sites is 1. The number of hydrogen-bond acceptors (Lipinski definition) is 8. The largest absolute Gasteiger partial charge is 0.461 e. The summed E-state index contributed by atoms with van der Waals surface area (Å²) >= 11 is 0. The van der Waals surface area contributed by atoms with Crippen LogP contribution in [-0.4, -0.2) is 41.3 Å². The molecule has 1 aromatic carbocycles. The van der Waals surface area contributed by atoms with E-state index in [4.69, 9.17) is 14.7 Å². The molecular formula is C32H36N6O2. The Kier molecular flexibility index (Phi) is 7.83. The van der Waals surface area contributed by atoms with Gasteiger partial charge in [-0.2, -0.15) is 5.26 Å². The summed E-state index contributed by atoms with van der Waals surface area (Å²) in [5, 5.41) is 21.9. The lowest BCUT2D eigenvalue weighted by molar-refractivity contribution is 0.0519. The van der Waals surface area contributed by atoms with Crippen LogP contribution < -0.4 is 10.2 Å². The minimum atomic E-state index is -0.507. The van der Waals surface area contributed by atoms with Crippen LogP contribution in [0.15, 0.2) is 54.7 Å². The average molecular weight is 537 g/mol. The van der Waals surface area contributed by atoms with Crippen molar-refractivity contribution in [2.45, 2.75) is 46.5 Å². The molecule has 2 aromatic heterocycles. The Hall–Kier alpha value is -4.25. The number of hydrogen-bond donors (Lipinski definition) is 2. The van der Waals surface area contributed by atoms with E-state index in [0.717, 1.165) is 61.4 Å². The summed E-state index contributed by atoms with van der Waals surface area (Å²) in [5.74, 6) is 1.03. The maximum atomic E-state index is 12.9. The highest BCUT2D eigenvalue weighted by atomic mass is 16.5. The van der Waals surface area contributed by atoms with Gasteiger partial charge in [0.05, 0.1) is 12.7 Å². The van der Waals surface area contributed by atoms with Gasteiger partial charge in [0.15, 0.2) is 5.69 Å². The minimum Gasteiger partial charge on any atom is -0.461 e. The number of esters is 1. The number of ether oxygens (including phenoxy) is 1. The third kappa shape index (κ3) is 5.84. The van der Waals surface area contributed by atoms with Crippen molar-refractivity contribution in [3.8, 4) is 17.2 Å². The van der Waals surface area contributed by atoms with Crippen molar-refractivity contribution in [2.24, 2.45) is 17.3 Å². The molecule has 3 heterocycles. The number of piperidine rings is 1. The molecule has 0 unspecified atom stereocenters. The van der Waals surface area contributed by atoms with Crippen LogP contribution in [0.1, 0.15) is 62.5 Å². The molecule has 2 N–H and O–H groups in total. The van der Waals surface area contributed by atoms with Crippen LogP contribution in [0, 0.1) is 34.0 Å². The Labute approximate surface area is 235 Å². The number of aromatic nitrogens is 2. The zero-order valence-corrected chi connectivity index (χ0v) is 23.4. The first-order valence-electron chi connectivity index (χ1n) is 14.0. The van der Waals surface area contributed by atoms with E-state index in [2.05, 4.69) is 30.1 Å². The maximum absolute atomic E-state index is 12.9. The fraction of sp³-hybridized carbons (Fsp3) is 0.406.